The first kappa shape index (κ1) is 17.2. The fraction of sp³-hybridized carbons (Fsp3) is 0.500. The minimum absolute atomic E-state index is 0.134. The Hall–Kier alpha value is -1.88. The normalized spacial score (nSPS) is 14.1. The zero-order valence-corrected chi connectivity index (χ0v) is 13.1. The number of ether oxygens (including phenoxy) is 1. The first-order valence-electron chi connectivity index (χ1n) is 7.02. The summed E-state index contributed by atoms with van der Waals surface area (Å²) in [7, 11) is 0. The van der Waals surface area contributed by atoms with E-state index in [9.17, 15) is 9.59 Å². The van der Waals surface area contributed by atoms with Gasteiger partial charge in [0.15, 0.2) is 0 Å². The molecular formula is C16H24N2O3. The number of nitrogens with two attached hydrogens (primary N) is 1. The number of esters is 1. The molecule has 0 aliphatic rings. The maximum absolute atomic E-state index is 12.0. The molecule has 1 amide bonds. The zero-order chi connectivity index (χ0) is 16.0. The molecule has 1 aromatic carbocycles. The average molecular weight is 292 g/mol. The lowest BCUT2D eigenvalue weighted by molar-refractivity contribution is -0.156. The molecule has 3 N–H and O–H groups in total. The summed E-state index contributed by atoms with van der Waals surface area (Å²) < 4.78 is 5.15. The number of nitrogens with one attached hydrogen (secondary N) is 1. The van der Waals surface area contributed by atoms with Gasteiger partial charge in [0.25, 0.3) is 0 Å². The van der Waals surface area contributed by atoms with Crippen LogP contribution in [0.15, 0.2) is 30.3 Å². The van der Waals surface area contributed by atoms with Crippen LogP contribution in [0.1, 0.15) is 45.7 Å². The number of benzene rings is 1. The summed E-state index contributed by atoms with van der Waals surface area (Å²) >= 11 is 0. The lowest BCUT2D eigenvalue weighted by Gasteiger charge is -2.21. The van der Waals surface area contributed by atoms with Crippen molar-refractivity contribution in [3.8, 4) is 0 Å². The molecule has 0 saturated carbocycles. The molecule has 21 heavy (non-hydrogen) atoms. The summed E-state index contributed by atoms with van der Waals surface area (Å²) in [5, 5.41) is 2.79. The Kier molecular flexibility index (Phi) is 5.90. The van der Waals surface area contributed by atoms with Crippen LogP contribution in [0, 0.1) is 0 Å². The third-order valence-electron chi connectivity index (χ3n) is 2.80. The average Bonchev–Trinajstić information content (AvgIpc) is 2.37. The Morgan fingerprint density at radius 1 is 1.24 bits per heavy atom. The second-order valence-electron chi connectivity index (χ2n) is 6.04. The molecule has 5 heteroatoms. The molecule has 5 nitrogen and oxygen atoms in total. The van der Waals surface area contributed by atoms with E-state index in [1.807, 2.05) is 37.3 Å². The highest BCUT2D eigenvalue weighted by molar-refractivity contribution is 5.86. The third-order valence-corrected chi connectivity index (χ3v) is 2.80. The number of carbonyl (C=O) groups excluding carboxylic acids is 2. The van der Waals surface area contributed by atoms with E-state index in [2.05, 4.69) is 5.32 Å². The molecule has 1 aromatic rings. The number of rotatable bonds is 5. The number of hydrogen-bond donors (Lipinski definition) is 2. The van der Waals surface area contributed by atoms with E-state index in [1.54, 1.807) is 20.8 Å². The van der Waals surface area contributed by atoms with Crippen molar-refractivity contribution in [1.82, 2.24) is 5.32 Å². The molecule has 2 atom stereocenters. The van der Waals surface area contributed by atoms with Gasteiger partial charge in [0.05, 0.1) is 18.5 Å². The van der Waals surface area contributed by atoms with Gasteiger partial charge < -0.3 is 15.8 Å². The van der Waals surface area contributed by atoms with Crippen molar-refractivity contribution in [3.05, 3.63) is 35.9 Å². The Morgan fingerprint density at radius 2 is 1.81 bits per heavy atom. The molecule has 0 radical (unpaired) electrons. The monoisotopic (exact) mass is 292 g/mol. The highest BCUT2D eigenvalue weighted by Gasteiger charge is 2.23. The van der Waals surface area contributed by atoms with Gasteiger partial charge in [-0.3, -0.25) is 9.59 Å². The van der Waals surface area contributed by atoms with Gasteiger partial charge in [-0.2, -0.15) is 0 Å². The van der Waals surface area contributed by atoms with E-state index < -0.39 is 17.6 Å². The van der Waals surface area contributed by atoms with Crippen molar-refractivity contribution in [1.29, 1.82) is 0 Å². The Bertz CT molecular complexity index is 480. The highest BCUT2D eigenvalue weighted by atomic mass is 16.6. The van der Waals surface area contributed by atoms with Crippen LogP contribution >= 0.6 is 0 Å². The predicted octanol–water partition coefficient (Wildman–Crippen LogP) is 1.92. The van der Waals surface area contributed by atoms with Gasteiger partial charge in [0.1, 0.15) is 5.60 Å². The van der Waals surface area contributed by atoms with E-state index in [0.717, 1.165) is 5.56 Å². The summed E-state index contributed by atoms with van der Waals surface area (Å²) in [6.07, 6.45) is -0.134. The molecular weight excluding hydrogens is 268 g/mol. The zero-order valence-electron chi connectivity index (χ0n) is 13.1. The fourth-order valence-electron chi connectivity index (χ4n) is 1.80. The van der Waals surface area contributed by atoms with Gasteiger partial charge in [0, 0.05) is 0 Å². The predicted molar refractivity (Wildman–Crippen MR) is 81.4 cm³/mol. The summed E-state index contributed by atoms with van der Waals surface area (Å²) in [6, 6.07) is 8.48. The Balaban J connectivity index is 2.50. The second-order valence-corrected chi connectivity index (χ2v) is 6.04. The van der Waals surface area contributed by atoms with E-state index in [-0.39, 0.29) is 18.4 Å². The minimum Gasteiger partial charge on any atom is -0.460 e. The molecule has 0 aliphatic heterocycles. The van der Waals surface area contributed by atoms with Crippen molar-refractivity contribution >= 4 is 11.9 Å². The fourth-order valence-corrected chi connectivity index (χ4v) is 1.80. The summed E-state index contributed by atoms with van der Waals surface area (Å²) in [6.45, 7) is 7.18. The minimum atomic E-state index is -0.911. The third kappa shape index (κ3) is 6.40. The number of amides is 1. The van der Waals surface area contributed by atoms with Crippen LogP contribution in [0.25, 0.3) is 0 Å². The van der Waals surface area contributed by atoms with Crippen molar-refractivity contribution < 1.29 is 14.3 Å². The highest BCUT2D eigenvalue weighted by Crippen LogP contribution is 2.12. The van der Waals surface area contributed by atoms with Gasteiger partial charge in [-0.1, -0.05) is 30.3 Å². The van der Waals surface area contributed by atoms with E-state index in [1.165, 1.54) is 0 Å². The number of hydrogen-bond acceptors (Lipinski definition) is 4. The molecule has 0 heterocycles. The van der Waals surface area contributed by atoms with Crippen LogP contribution in [0.3, 0.4) is 0 Å². The molecule has 2 unspecified atom stereocenters. The quantitative estimate of drug-likeness (QED) is 0.812. The van der Waals surface area contributed by atoms with Crippen molar-refractivity contribution in [2.75, 3.05) is 0 Å². The van der Waals surface area contributed by atoms with Crippen LogP contribution in [0.5, 0.6) is 0 Å². The molecule has 0 bridgehead atoms. The lowest BCUT2D eigenvalue weighted by Crippen LogP contribution is -2.43. The molecule has 0 saturated heterocycles. The van der Waals surface area contributed by atoms with Gasteiger partial charge in [-0.25, -0.2) is 0 Å². The summed E-state index contributed by atoms with van der Waals surface area (Å²) in [5.74, 6) is -0.838. The smallest absolute Gasteiger partial charge is 0.308 e. The van der Waals surface area contributed by atoms with Crippen LogP contribution in [-0.4, -0.2) is 23.5 Å². The standard InChI is InChI=1S/C16H24N2O3/c1-11(12-8-6-5-7-9-12)18-15(20)13(17)10-14(19)21-16(2,3)4/h5-9,11,13H,10,17H2,1-4H3,(H,18,20). The molecule has 0 spiro atoms. The van der Waals surface area contributed by atoms with E-state index >= 15 is 0 Å². The van der Waals surface area contributed by atoms with E-state index in [4.69, 9.17) is 10.5 Å². The van der Waals surface area contributed by atoms with Gasteiger partial charge in [-0.15, -0.1) is 0 Å². The van der Waals surface area contributed by atoms with Gasteiger partial charge in [0.2, 0.25) is 5.91 Å². The summed E-state index contributed by atoms with van der Waals surface area (Å²) in [5.41, 5.74) is 6.15. The van der Waals surface area contributed by atoms with Crippen molar-refractivity contribution in [2.24, 2.45) is 5.73 Å². The van der Waals surface area contributed by atoms with Crippen molar-refractivity contribution in [2.45, 2.75) is 51.8 Å². The Labute approximate surface area is 125 Å². The van der Waals surface area contributed by atoms with E-state index in [0.29, 0.717) is 0 Å². The maximum atomic E-state index is 12.0. The van der Waals surface area contributed by atoms with Crippen LogP contribution in [0.4, 0.5) is 0 Å². The lowest BCUT2D eigenvalue weighted by atomic mass is 10.1. The maximum Gasteiger partial charge on any atom is 0.308 e. The summed E-state index contributed by atoms with van der Waals surface area (Å²) in [4.78, 5) is 23.6. The largest absolute Gasteiger partial charge is 0.460 e. The second kappa shape index (κ2) is 7.22. The molecule has 116 valence electrons. The molecule has 1 rings (SSSR count). The van der Waals surface area contributed by atoms with Crippen LogP contribution in [-0.2, 0) is 14.3 Å². The topological polar surface area (TPSA) is 81.4 Å². The van der Waals surface area contributed by atoms with Crippen molar-refractivity contribution in [3.63, 3.8) is 0 Å². The molecule has 0 aromatic heterocycles. The molecule has 0 fully saturated rings. The number of carbonyl (C=O) groups is 2. The van der Waals surface area contributed by atoms with Gasteiger partial charge >= 0.3 is 5.97 Å². The Morgan fingerprint density at radius 3 is 2.33 bits per heavy atom. The van der Waals surface area contributed by atoms with Crippen LogP contribution < -0.4 is 11.1 Å². The first-order valence-corrected chi connectivity index (χ1v) is 7.02. The van der Waals surface area contributed by atoms with Crippen LogP contribution in [0.2, 0.25) is 0 Å². The molecule has 0 aliphatic carbocycles. The SMILES string of the molecule is CC(NC(=O)C(N)CC(=O)OC(C)(C)C)c1ccccc1. The van der Waals surface area contributed by atoms with Gasteiger partial charge in [-0.05, 0) is 33.3 Å². The first-order chi connectivity index (χ1) is 9.69.